The number of fused-ring (bicyclic) bond motifs is 4. The van der Waals surface area contributed by atoms with Crippen LogP contribution in [-0.4, -0.2) is 42.2 Å². The molecule has 11 heteroatoms. The summed E-state index contributed by atoms with van der Waals surface area (Å²) in [5, 5.41) is 6.20. The molecular weight excluding hydrogens is 428 g/mol. The van der Waals surface area contributed by atoms with Crippen LogP contribution in [0.15, 0.2) is 34.9 Å². The Balaban J connectivity index is 1.87. The predicted molar refractivity (Wildman–Crippen MR) is 99.1 cm³/mol. The van der Waals surface area contributed by atoms with E-state index < -0.39 is 16.4 Å². The number of aromatic nitrogens is 2. The lowest BCUT2D eigenvalue weighted by molar-refractivity contribution is 0.243. The number of hydrogen-bond donors (Lipinski definition) is 3. The lowest BCUT2D eigenvalue weighted by atomic mass is 10.2. The molecular formula is C15H17BrN4O5S. The van der Waals surface area contributed by atoms with E-state index in [0.717, 1.165) is 5.69 Å². The van der Waals surface area contributed by atoms with Crippen LogP contribution in [0.2, 0.25) is 0 Å². The highest BCUT2D eigenvalue weighted by Crippen LogP contribution is 2.25. The van der Waals surface area contributed by atoms with Crippen LogP contribution in [0.5, 0.6) is 5.75 Å². The molecule has 3 N–H and O–H groups in total. The average molecular weight is 445 g/mol. The number of hydrogen-bond acceptors (Lipinski definition) is 8. The fourth-order valence-electron chi connectivity index (χ4n) is 2.40. The van der Waals surface area contributed by atoms with Crippen LogP contribution in [0, 0.1) is 0 Å². The first-order valence-corrected chi connectivity index (χ1v) is 9.96. The van der Waals surface area contributed by atoms with Crippen molar-refractivity contribution in [3.63, 3.8) is 0 Å². The van der Waals surface area contributed by atoms with Gasteiger partial charge in [0.1, 0.15) is 11.6 Å². The Bertz CT molecular complexity index is 880. The maximum Gasteiger partial charge on any atom is 0.397 e. The molecule has 0 saturated carbocycles. The van der Waals surface area contributed by atoms with E-state index in [1.54, 1.807) is 6.20 Å². The van der Waals surface area contributed by atoms with Crippen molar-refractivity contribution in [1.29, 1.82) is 0 Å². The van der Waals surface area contributed by atoms with Gasteiger partial charge in [0.15, 0.2) is 0 Å². The van der Waals surface area contributed by atoms with E-state index in [2.05, 4.69) is 40.7 Å². The van der Waals surface area contributed by atoms with Crippen molar-refractivity contribution in [1.82, 2.24) is 9.97 Å². The maximum absolute atomic E-state index is 10.9. The summed E-state index contributed by atoms with van der Waals surface area (Å²) in [6, 6.07) is 7.00. The third-order valence-electron chi connectivity index (χ3n) is 3.56. The summed E-state index contributed by atoms with van der Waals surface area (Å²) in [6.45, 7) is 0.198. The van der Waals surface area contributed by atoms with Crippen LogP contribution < -0.4 is 15.4 Å². The first-order valence-electron chi connectivity index (χ1n) is 7.80. The summed E-state index contributed by atoms with van der Waals surface area (Å²) in [5.74, 6) is 1.54. The molecule has 1 aromatic heterocycles. The molecule has 0 saturated heterocycles. The SMILES string of the molecule is O=S(=O)(O)OCC1CCCOc2cccc(c2)Nc2ncc(Br)c(n2)N1. The van der Waals surface area contributed by atoms with E-state index in [-0.39, 0.29) is 6.61 Å². The molecule has 0 radical (unpaired) electrons. The highest BCUT2D eigenvalue weighted by Gasteiger charge is 2.17. The second-order valence-electron chi connectivity index (χ2n) is 5.59. The van der Waals surface area contributed by atoms with E-state index in [0.29, 0.717) is 41.4 Å². The van der Waals surface area contributed by atoms with Crippen LogP contribution in [0.4, 0.5) is 17.5 Å². The number of anilines is 3. The molecule has 140 valence electrons. The lowest BCUT2D eigenvalue weighted by Crippen LogP contribution is -2.28. The van der Waals surface area contributed by atoms with Gasteiger partial charge in [-0.1, -0.05) is 6.07 Å². The summed E-state index contributed by atoms with van der Waals surface area (Å²) in [7, 11) is -4.53. The van der Waals surface area contributed by atoms with Gasteiger partial charge in [-0.05, 0) is 40.9 Å². The molecule has 26 heavy (non-hydrogen) atoms. The molecule has 0 amide bonds. The highest BCUT2D eigenvalue weighted by atomic mass is 79.9. The molecule has 1 aliphatic heterocycles. The number of nitrogens with one attached hydrogen (secondary N) is 2. The number of rotatable bonds is 3. The van der Waals surface area contributed by atoms with Crippen LogP contribution >= 0.6 is 15.9 Å². The van der Waals surface area contributed by atoms with Crippen LogP contribution in [-0.2, 0) is 14.6 Å². The Morgan fingerprint density at radius 3 is 3.08 bits per heavy atom. The second-order valence-corrected chi connectivity index (χ2v) is 7.53. The van der Waals surface area contributed by atoms with Crippen LogP contribution in [0.1, 0.15) is 12.8 Å². The summed E-state index contributed by atoms with van der Waals surface area (Å²) < 4.78 is 41.4. The highest BCUT2D eigenvalue weighted by molar-refractivity contribution is 9.10. The zero-order valence-electron chi connectivity index (χ0n) is 13.6. The van der Waals surface area contributed by atoms with Gasteiger partial charge < -0.3 is 15.4 Å². The molecule has 2 aromatic rings. The van der Waals surface area contributed by atoms with Gasteiger partial charge in [-0.25, -0.2) is 9.17 Å². The van der Waals surface area contributed by atoms with E-state index in [1.807, 2.05) is 24.3 Å². The van der Waals surface area contributed by atoms with E-state index in [1.165, 1.54) is 0 Å². The molecule has 2 heterocycles. The molecule has 1 aliphatic rings. The molecule has 0 spiro atoms. The summed E-state index contributed by atoms with van der Waals surface area (Å²) >= 11 is 3.37. The predicted octanol–water partition coefficient (Wildman–Crippen LogP) is 2.76. The van der Waals surface area contributed by atoms with Gasteiger partial charge in [0, 0.05) is 18.0 Å². The van der Waals surface area contributed by atoms with Crippen molar-refractivity contribution < 1.29 is 21.9 Å². The molecule has 1 atom stereocenters. The number of nitrogens with zero attached hydrogens (tertiary/aromatic N) is 2. The Morgan fingerprint density at radius 1 is 1.42 bits per heavy atom. The van der Waals surface area contributed by atoms with Crippen molar-refractivity contribution in [3.8, 4) is 5.75 Å². The van der Waals surface area contributed by atoms with Gasteiger partial charge in [-0.15, -0.1) is 0 Å². The molecule has 0 aliphatic carbocycles. The van der Waals surface area contributed by atoms with Crippen molar-refractivity contribution in [2.45, 2.75) is 18.9 Å². The van der Waals surface area contributed by atoms with Crippen molar-refractivity contribution >= 4 is 43.8 Å². The van der Waals surface area contributed by atoms with Crippen LogP contribution in [0.25, 0.3) is 0 Å². The number of ether oxygens (including phenoxy) is 1. The molecule has 3 rings (SSSR count). The zero-order valence-corrected chi connectivity index (χ0v) is 16.0. The summed E-state index contributed by atoms with van der Waals surface area (Å²) in [4.78, 5) is 8.60. The molecule has 4 bridgehead atoms. The Labute approximate surface area is 159 Å². The van der Waals surface area contributed by atoms with Crippen molar-refractivity contribution in [3.05, 3.63) is 34.9 Å². The van der Waals surface area contributed by atoms with E-state index in [4.69, 9.17) is 9.29 Å². The van der Waals surface area contributed by atoms with Gasteiger partial charge in [-0.3, -0.25) is 4.55 Å². The Morgan fingerprint density at radius 2 is 2.27 bits per heavy atom. The minimum Gasteiger partial charge on any atom is -0.494 e. The molecule has 1 unspecified atom stereocenters. The maximum atomic E-state index is 10.9. The quantitative estimate of drug-likeness (QED) is 0.612. The molecule has 0 fully saturated rings. The van der Waals surface area contributed by atoms with E-state index >= 15 is 0 Å². The van der Waals surface area contributed by atoms with Gasteiger partial charge in [0.25, 0.3) is 0 Å². The van der Waals surface area contributed by atoms with Crippen molar-refractivity contribution in [2.75, 3.05) is 23.8 Å². The lowest BCUT2D eigenvalue weighted by Gasteiger charge is -2.19. The van der Waals surface area contributed by atoms with Crippen LogP contribution in [0.3, 0.4) is 0 Å². The van der Waals surface area contributed by atoms with E-state index in [9.17, 15) is 8.42 Å². The standard InChI is InChI=1S/C15H17BrN4O5S/c16-13-8-17-15-19-10-3-1-5-12(7-10)24-6-2-4-11(18-14(13)20-15)9-25-26(21,22)23/h1,3,5,7-8,11H,2,4,6,9H2,(H,21,22,23)(H2,17,18,19,20). The Hall–Kier alpha value is -1.95. The average Bonchev–Trinajstić information content (AvgIpc) is 2.59. The van der Waals surface area contributed by atoms with Gasteiger partial charge in [0.05, 0.1) is 23.7 Å². The summed E-state index contributed by atoms with van der Waals surface area (Å²) in [6.07, 6.45) is 2.76. The van der Waals surface area contributed by atoms with Gasteiger partial charge in [0.2, 0.25) is 5.95 Å². The third-order valence-corrected chi connectivity index (χ3v) is 4.57. The zero-order chi connectivity index (χ0) is 18.6. The molecule has 1 aromatic carbocycles. The molecule has 9 nitrogen and oxygen atoms in total. The fourth-order valence-corrected chi connectivity index (χ4v) is 3.04. The second kappa shape index (κ2) is 8.16. The smallest absolute Gasteiger partial charge is 0.397 e. The monoisotopic (exact) mass is 444 g/mol. The Kier molecular flexibility index (Phi) is 5.91. The minimum absolute atomic E-state index is 0.244. The number of benzene rings is 1. The minimum atomic E-state index is -4.53. The van der Waals surface area contributed by atoms with Gasteiger partial charge in [-0.2, -0.15) is 13.4 Å². The first-order chi connectivity index (χ1) is 12.4. The third kappa shape index (κ3) is 5.53. The fraction of sp³-hybridized carbons (Fsp3) is 0.333. The van der Waals surface area contributed by atoms with Crippen molar-refractivity contribution in [2.24, 2.45) is 0 Å². The number of halogens is 1. The first kappa shape index (κ1) is 18.8. The normalized spacial score (nSPS) is 17.5. The topological polar surface area (TPSA) is 123 Å². The largest absolute Gasteiger partial charge is 0.494 e. The summed E-state index contributed by atoms with van der Waals surface area (Å²) in [5.41, 5.74) is 0.779. The van der Waals surface area contributed by atoms with Gasteiger partial charge >= 0.3 is 10.4 Å².